The third-order valence-corrected chi connectivity index (χ3v) is 5.83. The van der Waals surface area contributed by atoms with E-state index < -0.39 is 5.97 Å². The molecular formula is C20H17ClN4O2S. The molecular weight excluding hydrogens is 396 g/mol. The third-order valence-electron chi connectivity index (χ3n) is 4.41. The molecule has 8 heteroatoms. The summed E-state index contributed by atoms with van der Waals surface area (Å²) in [5.74, 6) is -0.406. The number of carbonyl (C=O) groups is 1. The Balaban J connectivity index is 1.86. The van der Waals surface area contributed by atoms with E-state index in [1.807, 2.05) is 37.6 Å². The van der Waals surface area contributed by atoms with Gasteiger partial charge in [0, 0.05) is 51.5 Å². The number of esters is 1. The standard InChI is InChI=1S/C20H17ClN4O2S/c1-12-19(28-16-6-13(8-22-10-16)20(26)27-3)17-5-4-14(21)7-18(17)25(12)15-9-23-24(2)11-15/h4-11H,1-3H3. The number of aryl methyl sites for hydroxylation is 1. The van der Waals surface area contributed by atoms with Crippen molar-refractivity contribution in [2.24, 2.45) is 7.05 Å². The number of hydrogen-bond donors (Lipinski definition) is 0. The predicted octanol–water partition coefficient (Wildman–Crippen LogP) is 4.66. The summed E-state index contributed by atoms with van der Waals surface area (Å²) in [6, 6.07) is 7.62. The molecule has 0 aliphatic carbocycles. The van der Waals surface area contributed by atoms with E-state index in [4.69, 9.17) is 16.3 Å². The highest BCUT2D eigenvalue weighted by Gasteiger charge is 2.18. The van der Waals surface area contributed by atoms with Crippen LogP contribution in [-0.4, -0.2) is 32.4 Å². The van der Waals surface area contributed by atoms with Gasteiger partial charge in [-0.25, -0.2) is 4.79 Å². The lowest BCUT2D eigenvalue weighted by Crippen LogP contribution is -2.01. The van der Waals surface area contributed by atoms with Crippen LogP contribution in [0.15, 0.2) is 58.8 Å². The van der Waals surface area contributed by atoms with Crippen LogP contribution < -0.4 is 0 Å². The van der Waals surface area contributed by atoms with Crippen LogP contribution >= 0.6 is 23.4 Å². The molecule has 28 heavy (non-hydrogen) atoms. The maximum absolute atomic E-state index is 11.8. The zero-order chi connectivity index (χ0) is 19.8. The molecule has 0 unspecified atom stereocenters. The monoisotopic (exact) mass is 412 g/mol. The first-order valence-electron chi connectivity index (χ1n) is 8.48. The van der Waals surface area contributed by atoms with Gasteiger partial charge in [0.1, 0.15) is 0 Å². The van der Waals surface area contributed by atoms with E-state index in [9.17, 15) is 4.79 Å². The Morgan fingerprint density at radius 1 is 1.21 bits per heavy atom. The Bertz CT molecular complexity index is 1200. The highest BCUT2D eigenvalue weighted by Crippen LogP contribution is 2.40. The van der Waals surface area contributed by atoms with Crippen LogP contribution in [0.2, 0.25) is 5.02 Å². The highest BCUT2D eigenvalue weighted by atomic mass is 35.5. The molecule has 0 radical (unpaired) electrons. The highest BCUT2D eigenvalue weighted by molar-refractivity contribution is 7.99. The Labute approximate surface area is 171 Å². The molecule has 6 nitrogen and oxygen atoms in total. The van der Waals surface area contributed by atoms with Crippen LogP contribution in [0.5, 0.6) is 0 Å². The first kappa shape index (κ1) is 18.6. The lowest BCUT2D eigenvalue weighted by molar-refractivity contribution is 0.0600. The second-order valence-corrected chi connectivity index (χ2v) is 7.81. The van der Waals surface area contributed by atoms with Crippen LogP contribution in [0.1, 0.15) is 16.1 Å². The number of hydrogen-bond acceptors (Lipinski definition) is 5. The van der Waals surface area contributed by atoms with Crippen LogP contribution in [0, 0.1) is 6.92 Å². The van der Waals surface area contributed by atoms with Gasteiger partial charge in [-0.2, -0.15) is 5.10 Å². The van der Waals surface area contributed by atoms with E-state index in [0.717, 1.165) is 32.1 Å². The topological polar surface area (TPSA) is 61.9 Å². The maximum atomic E-state index is 11.8. The van der Waals surface area contributed by atoms with Crippen LogP contribution in [-0.2, 0) is 11.8 Å². The zero-order valence-corrected chi connectivity index (χ0v) is 17.1. The number of pyridine rings is 1. The quantitative estimate of drug-likeness (QED) is 0.456. The second kappa shape index (κ2) is 7.33. The average molecular weight is 413 g/mol. The summed E-state index contributed by atoms with van der Waals surface area (Å²) < 4.78 is 8.70. The Morgan fingerprint density at radius 3 is 2.75 bits per heavy atom. The summed E-state index contributed by atoms with van der Waals surface area (Å²) in [6.45, 7) is 2.06. The molecule has 0 N–H and O–H groups in total. The molecule has 4 rings (SSSR count). The predicted molar refractivity (Wildman–Crippen MR) is 109 cm³/mol. The van der Waals surface area contributed by atoms with Crippen molar-refractivity contribution in [3.05, 3.63) is 65.3 Å². The Hall–Kier alpha value is -2.77. The SMILES string of the molecule is COC(=O)c1cncc(Sc2c(C)n(-c3cnn(C)c3)c3cc(Cl)ccc23)c1. The Kier molecular flexibility index (Phi) is 4.87. The lowest BCUT2D eigenvalue weighted by atomic mass is 10.2. The molecule has 3 aromatic heterocycles. The number of methoxy groups -OCH3 is 1. The van der Waals surface area contributed by atoms with Crippen molar-refractivity contribution in [1.29, 1.82) is 0 Å². The van der Waals surface area contributed by atoms with E-state index in [1.165, 1.54) is 13.3 Å². The molecule has 0 atom stereocenters. The smallest absolute Gasteiger partial charge is 0.339 e. The number of fused-ring (bicyclic) bond motifs is 1. The fraction of sp³-hybridized carbons (Fsp3) is 0.150. The molecule has 0 saturated heterocycles. The van der Waals surface area contributed by atoms with Crippen molar-refractivity contribution in [3.8, 4) is 5.69 Å². The maximum Gasteiger partial charge on any atom is 0.339 e. The molecule has 4 aromatic rings. The van der Waals surface area contributed by atoms with Crippen molar-refractivity contribution in [3.63, 3.8) is 0 Å². The summed E-state index contributed by atoms with van der Waals surface area (Å²) in [5.41, 5.74) is 3.43. The first-order valence-corrected chi connectivity index (χ1v) is 9.68. The fourth-order valence-corrected chi connectivity index (χ4v) is 4.39. The summed E-state index contributed by atoms with van der Waals surface area (Å²) >= 11 is 7.83. The zero-order valence-electron chi connectivity index (χ0n) is 15.5. The van der Waals surface area contributed by atoms with Crippen molar-refractivity contribution in [2.75, 3.05) is 7.11 Å². The van der Waals surface area contributed by atoms with E-state index >= 15 is 0 Å². The van der Waals surface area contributed by atoms with Crippen molar-refractivity contribution >= 4 is 40.2 Å². The summed E-state index contributed by atoms with van der Waals surface area (Å²) in [7, 11) is 3.24. The minimum Gasteiger partial charge on any atom is -0.465 e. The molecule has 0 aliphatic heterocycles. The molecule has 0 fully saturated rings. The van der Waals surface area contributed by atoms with Gasteiger partial charge in [0.25, 0.3) is 0 Å². The molecule has 0 spiro atoms. The normalized spacial score (nSPS) is 11.1. The van der Waals surface area contributed by atoms with Gasteiger partial charge >= 0.3 is 5.97 Å². The van der Waals surface area contributed by atoms with Gasteiger partial charge in [-0.05, 0) is 25.1 Å². The number of rotatable bonds is 4. The third kappa shape index (κ3) is 3.27. The largest absolute Gasteiger partial charge is 0.465 e. The minimum atomic E-state index is -0.406. The van der Waals surface area contributed by atoms with Crippen LogP contribution in [0.3, 0.4) is 0 Å². The average Bonchev–Trinajstić information content (AvgIpc) is 3.22. The fourth-order valence-electron chi connectivity index (χ4n) is 3.17. The van der Waals surface area contributed by atoms with Gasteiger partial charge in [0.05, 0.1) is 30.1 Å². The number of aromatic nitrogens is 4. The van der Waals surface area contributed by atoms with Gasteiger partial charge < -0.3 is 9.30 Å². The van der Waals surface area contributed by atoms with Gasteiger partial charge in [-0.15, -0.1) is 0 Å². The van der Waals surface area contributed by atoms with E-state index in [-0.39, 0.29) is 0 Å². The summed E-state index contributed by atoms with van der Waals surface area (Å²) in [4.78, 5) is 17.9. The van der Waals surface area contributed by atoms with E-state index in [2.05, 4.69) is 21.6 Å². The summed E-state index contributed by atoms with van der Waals surface area (Å²) in [5, 5.41) is 6.03. The number of ether oxygens (including phenoxy) is 1. The van der Waals surface area contributed by atoms with Gasteiger partial charge in [0.15, 0.2) is 0 Å². The van der Waals surface area contributed by atoms with E-state index in [0.29, 0.717) is 10.6 Å². The molecule has 3 heterocycles. The minimum absolute atomic E-state index is 0.406. The molecule has 0 amide bonds. The molecule has 0 saturated carbocycles. The molecule has 142 valence electrons. The van der Waals surface area contributed by atoms with Gasteiger partial charge in [-0.1, -0.05) is 29.4 Å². The van der Waals surface area contributed by atoms with Crippen molar-refractivity contribution in [2.45, 2.75) is 16.7 Å². The number of halogens is 1. The number of carbonyl (C=O) groups excluding carboxylic acids is 1. The lowest BCUT2D eigenvalue weighted by Gasteiger charge is -2.06. The van der Waals surface area contributed by atoms with E-state index in [1.54, 1.807) is 28.7 Å². The van der Waals surface area contributed by atoms with Gasteiger partial charge in [-0.3, -0.25) is 9.67 Å². The number of nitrogens with zero attached hydrogens (tertiary/aromatic N) is 4. The van der Waals surface area contributed by atoms with Crippen LogP contribution in [0.25, 0.3) is 16.6 Å². The van der Waals surface area contributed by atoms with Crippen molar-refractivity contribution in [1.82, 2.24) is 19.3 Å². The number of benzene rings is 1. The summed E-state index contributed by atoms with van der Waals surface area (Å²) in [6.07, 6.45) is 7.02. The second-order valence-electron chi connectivity index (χ2n) is 6.29. The molecule has 1 aromatic carbocycles. The molecule has 0 bridgehead atoms. The van der Waals surface area contributed by atoms with Crippen molar-refractivity contribution < 1.29 is 9.53 Å². The molecule has 0 aliphatic rings. The van der Waals surface area contributed by atoms with Gasteiger partial charge in [0.2, 0.25) is 0 Å². The Morgan fingerprint density at radius 2 is 2.04 bits per heavy atom. The van der Waals surface area contributed by atoms with Crippen LogP contribution in [0.4, 0.5) is 0 Å². The first-order chi connectivity index (χ1) is 13.5.